The molecule has 0 saturated heterocycles. The SMILES string of the molecule is CC(C)(C)C1CCCCC1NCc1cc(Br)c(Br)o1. The number of halogens is 2. The molecular formula is C15H23Br2NO. The van der Waals surface area contributed by atoms with Gasteiger partial charge in [0.25, 0.3) is 0 Å². The Hall–Kier alpha value is 0.200. The van der Waals surface area contributed by atoms with E-state index in [4.69, 9.17) is 4.42 Å². The van der Waals surface area contributed by atoms with Gasteiger partial charge in [0.05, 0.1) is 11.0 Å². The first kappa shape index (κ1) is 15.6. The maximum atomic E-state index is 5.63. The molecule has 108 valence electrons. The first-order chi connectivity index (χ1) is 8.88. The van der Waals surface area contributed by atoms with Crippen molar-refractivity contribution in [1.82, 2.24) is 5.32 Å². The van der Waals surface area contributed by atoms with E-state index in [0.717, 1.165) is 27.4 Å². The van der Waals surface area contributed by atoms with Gasteiger partial charge >= 0.3 is 0 Å². The fourth-order valence-corrected chi connectivity index (χ4v) is 3.78. The summed E-state index contributed by atoms with van der Waals surface area (Å²) in [5, 5.41) is 3.70. The Bertz CT molecular complexity index is 403. The first-order valence-corrected chi connectivity index (χ1v) is 8.63. The van der Waals surface area contributed by atoms with Crippen molar-refractivity contribution in [2.24, 2.45) is 11.3 Å². The van der Waals surface area contributed by atoms with E-state index in [1.54, 1.807) is 0 Å². The lowest BCUT2D eigenvalue weighted by Crippen LogP contribution is -2.43. The Labute approximate surface area is 133 Å². The summed E-state index contributed by atoms with van der Waals surface area (Å²) in [5.74, 6) is 1.74. The standard InChI is InChI=1S/C15H23Br2NO/c1-15(2,3)11-6-4-5-7-13(11)18-9-10-8-12(16)14(17)19-10/h8,11,13,18H,4-7,9H2,1-3H3. The summed E-state index contributed by atoms with van der Waals surface area (Å²) >= 11 is 6.84. The van der Waals surface area contributed by atoms with Gasteiger partial charge in [0, 0.05) is 6.04 Å². The van der Waals surface area contributed by atoms with Crippen molar-refractivity contribution >= 4 is 31.9 Å². The molecule has 1 heterocycles. The van der Waals surface area contributed by atoms with E-state index in [9.17, 15) is 0 Å². The number of furan rings is 1. The second kappa shape index (κ2) is 6.31. The number of hydrogen-bond donors (Lipinski definition) is 1. The van der Waals surface area contributed by atoms with Gasteiger partial charge in [0.2, 0.25) is 0 Å². The van der Waals surface area contributed by atoms with Gasteiger partial charge < -0.3 is 9.73 Å². The highest BCUT2D eigenvalue weighted by Crippen LogP contribution is 2.38. The molecule has 0 spiro atoms. The van der Waals surface area contributed by atoms with Gasteiger partial charge in [-0.1, -0.05) is 33.6 Å². The second-order valence-electron chi connectivity index (χ2n) is 6.58. The van der Waals surface area contributed by atoms with E-state index in [0.29, 0.717) is 11.5 Å². The molecule has 2 atom stereocenters. The van der Waals surface area contributed by atoms with Crippen LogP contribution in [0.3, 0.4) is 0 Å². The van der Waals surface area contributed by atoms with Crippen LogP contribution in [0.2, 0.25) is 0 Å². The van der Waals surface area contributed by atoms with Crippen LogP contribution in [0.4, 0.5) is 0 Å². The largest absolute Gasteiger partial charge is 0.452 e. The molecule has 1 aliphatic carbocycles. The molecule has 2 unspecified atom stereocenters. The first-order valence-electron chi connectivity index (χ1n) is 7.05. The Morgan fingerprint density at radius 3 is 2.53 bits per heavy atom. The average Bonchev–Trinajstić information content (AvgIpc) is 2.65. The van der Waals surface area contributed by atoms with Crippen molar-refractivity contribution < 1.29 is 4.42 Å². The van der Waals surface area contributed by atoms with E-state index in [1.807, 2.05) is 6.07 Å². The minimum atomic E-state index is 0.377. The highest BCUT2D eigenvalue weighted by atomic mass is 79.9. The third-order valence-electron chi connectivity index (χ3n) is 4.11. The molecule has 0 radical (unpaired) electrons. The molecule has 0 bridgehead atoms. The minimum Gasteiger partial charge on any atom is -0.452 e. The van der Waals surface area contributed by atoms with Crippen LogP contribution in [0, 0.1) is 11.3 Å². The number of nitrogens with one attached hydrogen (secondary N) is 1. The van der Waals surface area contributed by atoms with Crippen LogP contribution < -0.4 is 5.32 Å². The van der Waals surface area contributed by atoms with Crippen LogP contribution in [0.25, 0.3) is 0 Å². The molecule has 1 fully saturated rings. The third kappa shape index (κ3) is 4.08. The van der Waals surface area contributed by atoms with E-state index in [-0.39, 0.29) is 0 Å². The summed E-state index contributed by atoms with van der Waals surface area (Å²) in [6, 6.07) is 2.64. The third-order valence-corrected chi connectivity index (χ3v) is 5.82. The van der Waals surface area contributed by atoms with Crippen molar-refractivity contribution in [3.05, 3.63) is 21.0 Å². The Morgan fingerprint density at radius 1 is 1.26 bits per heavy atom. The molecule has 0 aromatic carbocycles. The molecule has 2 rings (SSSR count). The van der Waals surface area contributed by atoms with Gasteiger partial charge in [0.1, 0.15) is 5.76 Å². The lowest BCUT2D eigenvalue weighted by Gasteiger charge is -2.40. The Morgan fingerprint density at radius 2 is 1.95 bits per heavy atom. The number of hydrogen-bond acceptors (Lipinski definition) is 2. The summed E-state index contributed by atoms with van der Waals surface area (Å²) in [6.45, 7) is 7.88. The highest BCUT2D eigenvalue weighted by molar-refractivity contribution is 9.13. The van der Waals surface area contributed by atoms with Crippen LogP contribution in [0.1, 0.15) is 52.2 Å². The fraction of sp³-hybridized carbons (Fsp3) is 0.733. The molecule has 0 aliphatic heterocycles. The maximum Gasteiger partial charge on any atom is 0.183 e. The van der Waals surface area contributed by atoms with Crippen molar-refractivity contribution in [1.29, 1.82) is 0 Å². The zero-order valence-corrected chi connectivity index (χ0v) is 15.1. The van der Waals surface area contributed by atoms with Crippen molar-refractivity contribution in [3.8, 4) is 0 Å². The van der Waals surface area contributed by atoms with Gasteiger partial charge in [-0.25, -0.2) is 0 Å². The topological polar surface area (TPSA) is 25.2 Å². The molecule has 1 aromatic rings. The van der Waals surface area contributed by atoms with Gasteiger partial charge in [-0.15, -0.1) is 0 Å². The van der Waals surface area contributed by atoms with Crippen molar-refractivity contribution in [3.63, 3.8) is 0 Å². The van der Waals surface area contributed by atoms with E-state index >= 15 is 0 Å². The molecule has 1 aromatic heterocycles. The summed E-state index contributed by atoms with van der Waals surface area (Å²) in [4.78, 5) is 0. The van der Waals surface area contributed by atoms with Crippen molar-refractivity contribution in [2.75, 3.05) is 0 Å². The molecule has 1 N–H and O–H groups in total. The van der Waals surface area contributed by atoms with E-state index in [1.165, 1.54) is 25.7 Å². The highest BCUT2D eigenvalue weighted by Gasteiger charge is 2.33. The molecule has 2 nitrogen and oxygen atoms in total. The van der Waals surface area contributed by atoms with Crippen LogP contribution in [0.5, 0.6) is 0 Å². The summed E-state index contributed by atoms with van der Waals surface area (Å²) in [6.07, 6.45) is 5.34. The van der Waals surface area contributed by atoms with Crippen molar-refractivity contribution in [2.45, 2.75) is 59.0 Å². The van der Waals surface area contributed by atoms with Crippen LogP contribution in [-0.4, -0.2) is 6.04 Å². The predicted octanol–water partition coefficient (Wildman–Crippen LogP) is 5.50. The maximum absolute atomic E-state index is 5.63. The normalized spacial score (nSPS) is 24.7. The second-order valence-corrected chi connectivity index (χ2v) is 8.15. The zero-order chi connectivity index (χ0) is 14.0. The minimum absolute atomic E-state index is 0.377. The van der Waals surface area contributed by atoms with Crippen LogP contribution >= 0.6 is 31.9 Å². The van der Waals surface area contributed by atoms with Crippen LogP contribution in [-0.2, 0) is 6.54 Å². The molecular weight excluding hydrogens is 370 g/mol. The number of rotatable bonds is 3. The summed E-state index contributed by atoms with van der Waals surface area (Å²) in [5.41, 5.74) is 0.377. The monoisotopic (exact) mass is 391 g/mol. The molecule has 1 aliphatic rings. The van der Waals surface area contributed by atoms with Gasteiger partial charge in [-0.3, -0.25) is 0 Å². The smallest absolute Gasteiger partial charge is 0.183 e. The summed E-state index contributed by atoms with van der Waals surface area (Å²) in [7, 11) is 0. The molecule has 4 heteroatoms. The Kier molecular flexibility index (Phi) is 5.18. The quantitative estimate of drug-likeness (QED) is 0.734. The average molecular weight is 393 g/mol. The molecule has 0 amide bonds. The lowest BCUT2D eigenvalue weighted by molar-refractivity contribution is 0.128. The Balaban J connectivity index is 1.96. The predicted molar refractivity (Wildman–Crippen MR) is 86.1 cm³/mol. The van der Waals surface area contributed by atoms with Crippen LogP contribution in [0.15, 0.2) is 19.6 Å². The zero-order valence-electron chi connectivity index (χ0n) is 11.9. The molecule has 19 heavy (non-hydrogen) atoms. The van der Waals surface area contributed by atoms with Gasteiger partial charge in [-0.2, -0.15) is 0 Å². The van der Waals surface area contributed by atoms with Gasteiger partial charge in [0.15, 0.2) is 4.67 Å². The summed E-state index contributed by atoms with van der Waals surface area (Å²) < 4.78 is 7.40. The fourth-order valence-electron chi connectivity index (χ4n) is 3.12. The molecule has 1 saturated carbocycles. The van der Waals surface area contributed by atoms with E-state index < -0.39 is 0 Å². The van der Waals surface area contributed by atoms with Gasteiger partial charge in [-0.05, 0) is 62.1 Å². The van der Waals surface area contributed by atoms with E-state index in [2.05, 4.69) is 57.9 Å². The lowest BCUT2D eigenvalue weighted by atomic mass is 9.69.